The van der Waals surface area contributed by atoms with E-state index in [1.165, 1.54) is 0 Å². The highest BCUT2D eigenvalue weighted by molar-refractivity contribution is 6.09. The molecule has 2 atom stereocenters. The largest absolute Gasteiger partial charge is 0.464 e. The highest BCUT2D eigenvalue weighted by atomic mass is 16.5. The van der Waals surface area contributed by atoms with Crippen LogP contribution in [0.25, 0.3) is 21.5 Å². The van der Waals surface area contributed by atoms with Crippen LogP contribution in [0.15, 0.2) is 54.6 Å². The molecule has 0 fully saturated rings. The first-order valence-corrected chi connectivity index (χ1v) is 7.56. The summed E-state index contributed by atoms with van der Waals surface area (Å²) in [6.07, 6.45) is -2.96. The zero-order chi connectivity index (χ0) is 16.4. The van der Waals surface area contributed by atoms with Crippen molar-refractivity contribution in [1.29, 1.82) is 0 Å². The van der Waals surface area contributed by atoms with Gasteiger partial charge in [-0.15, -0.1) is 0 Å². The van der Waals surface area contributed by atoms with E-state index < -0.39 is 18.2 Å². The van der Waals surface area contributed by atoms with E-state index in [2.05, 4.69) is 0 Å². The van der Waals surface area contributed by atoms with E-state index in [1.807, 2.05) is 54.6 Å². The Morgan fingerprint density at radius 1 is 1.00 bits per heavy atom. The van der Waals surface area contributed by atoms with Crippen LogP contribution in [0.3, 0.4) is 0 Å². The van der Waals surface area contributed by atoms with Gasteiger partial charge in [-0.3, -0.25) is 0 Å². The summed E-state index contributed by atoms with van der Waals surface area (Å²) >= 11 is 0. The van der Waals surface area contributed by atoms with E-state index in [0.29, 0.717) is 5.56 Å². The van der Waals surface area contributed by atoms with Crippen molar-refractivity contribution in [3.8, 4) is 0 Å². The molecule has 2 N–H and O–H groups in total. The summed E-state index contributed by atoms with van der Waals surface area (Å²) in [5.41, 5.74) is 0.514. The zero-order valence-corrected chi connectivity index (χ0v) is 12.8. The number of hydrogen-bond acceptors (Lipinski definition) is 4. The number of aliphatic hydroxyl groups excluding tert-OH is 2. The number of carbonyl (C=O) groups excluding carboxylic acids is 1. The Kier molecular flexibility index (Phi) is 4.28. The number of hydrogen-bond donors (Lipinski definition) is 2. The molecule has 0 aromatic heterocycles. The number of aliphatic hydroxyl groups is 2. The van der Waals surface area contributed by atoms with Crippen molar-refractivity contribution in [2.75, 3.05) is 6.61 Å². The second-order valence-corrected chi connectivity index (χ2v) is 5.37. The predicted molar refractivity (Wildman–Crippen MR) is 89.1 cm³/mol. The fourth-order valence-electron chi connectivity index (χ4n) is 2.85. The van der Waals surface area contributed by atoms with Gasteiger partial charge in [0.1, 0.15) is 6.10 Å². The van der Waals surface area contributed by atoms with Gasteiger partial charge in [0.25, 0.3) is 0 Å². The third-order valence-electron chi connectivity index (χ3n) is 3.95. The highest BCUT2D eigenvalue weighted by Gasteiger charge is 2.28. The van der Waals surface area contributed by atoms with E-state index in [-0.39, 0.29) is 6.61 Å². The van der Waals surface area contributed by atoms with E-state index in [1.54, 1.807) is 6.92 Å². The fraction of sp³-hybridized carbons (Fsp3) is 0.211. The van der Waals surface area contributed by atoms with Gasteiger partial charge >= 0.3 is 5.97 Å². The van der Waals surface area contributed by atoms with Crippen LogP contribution in [0.2, 0.25) is 0 Å². The number of rotatable bonds is 4. The SMILES string of the molecule is CCOC(=O)C(O)C(O)c1cc2ccccc2c2ccccc12. The summed E-state index contributed by atoms with van der Waals surface area (Å²) in [4.78, 5) is 11.7. The molecule has 0 saturated carbocycles. The molecule has 0 amide bonds. The standard InChI is InChI=1S/C19H18O4/c1-2-23-19(22)18(21)17(20)16-11-12-7-3-4-8-13(12)14-9-5-6-10-15(14)16/h3-11,17-18,20-21H,2H2,1H3. The Labute approximate surface area is 133 Å². The Hall–Kier alpha value is -2.43. The molecular weight excluding hydrogens is 292 g/mol. The van der Waals surface area contributed by atoms with Crippen molar-refractivity contribution in [2.24, 2.45) is 0 Å². The molecule has 3 aromatic carbocycles. The molecule has 3 rings (SSSR count). The zero-order valence-electron chi connectivity index (χ0n) is 12.8. The van der Waals surface area contributed by atoms with Gasteiger partial charge in [-0.1, -0.05) is 48.5 Å². The summed E-state index contributed by atoms with van der Waals surface area (Å²) in [7, 11) is 0. The summed E-state index contributed by atoms with van der Waals surface area (Å²) in [5.74, 6) is -0.822. The van der Waals surface area contributed by atoms with Gasteiger partial charge < -0.3 is 14.9 Å². The molecular formula is C19H18O4. The van der Waals surface area contributed by atoms with Gasteiger partial charge in [0.05, 0.1) is 6.61 Å². The van der Waals surface area contributed by atoms with Crippen molar-refractivity contribution in [1.82, 2.24) is 0 Å². The van der Waals surface area contributed by atoms with E-state index >= 15 is 0 Å². The molecule has 0 heterocycles. The van der Waals surface area contributed by atoms with Crippen molar-refractivity contribution < 1.29 is 19.7 Å². The Balaban J connectivity index is 2.17. The number of benzene rings is 3. The summed E-state index contributed by atoms with van der Waals surface area (Å²) < 4.78 is 4.80. The van der Waals surface area contributed by atoms with Gasteiger partial charge in [-0.05, 0) is 40.1 Å². The van der Waals surface area contributed by atoms with Crippen LogP contribution in [0.1, 0.15) is 18.6 Å². The normalized spacial score (nSPS) is 13.9. The van der Waals surface area contributed by atoms with Crippen molar-refractivity contribution in [3.05, 3.63) is 60.2 Å². The quantitative estimate of drug-likeness (QED) is 0.574. The van der Waals surface area contributed by atoms with Gasteiger partial charge in [0.15, 0.2) is 6.10 Å². The first-order valence-electron chi connectivity index (χ1n) is 7.56. The lowest BCUT2D eigenvalue weighted by molar-refractivity contribution is -0.159. The van der Waals surface area contributed by atoms with E-state index in [0.717, 1.165) is 21.5 Å². The van der Waals surface area contributed by atoms with E-state index in [4.69, 9.17) is 4.74 Å². The van der Waals surface area contributed by atoms with Gasteiger partial charge in [0.2, 0.25) is 0 Å². The molecule has 23 heavy (non-hydrogen) atoms. The molecule has 3 aromatic rings. The first-order chi connectivity index (χ1) is 11.1. The molecule has 4 nitrogen and oxygen atoms in total. The molecule has 0 aliphatic rings. The Morgan fingerprint density at radius 2 is 1.61 bits per heavy atom. The smallest absolute Gasteiger partial charge is 0.338 e. The van der Waals surface area contributed by atoms with Crippen LogP contribution in [0, 0.1) is 0 Å². The average molecular weight is 310 g/mol. The monoisotopic (exact) mass is 310 g/mol. The van der Waals surface area contributed by atoms with Crippen molar-refractivity contribution in [2.45, 2.75) is 19.1 Å². The second-order valence-electron chi connectivity index (χ2n) is 5.37. The Morgan fingerprint density at radius 3 is 2.30 bits per heavy atom. The van der Waals surface area contributed by atoms with Crippen LogP contribution >= 0.6 is 0 Å². The lowest BCUT2D eigenvalue weighted by Gasteiger charge is -2.19. The van der Waals surface area contributed by atoms with Gasteiger partial charge in [-0.2, -0.15) is 0 Å². The molecule has 4 heteroatoms. The molecule has 0 aliphatic heterocycles. The van der Waals surface area contributed by atoms with Gasteiger partial charge in [0, 0.05) is 0 Å². The molecule has 0 spiro atoms. The average Bonchev–Trinajstić information content (AvgIpc) is 2.60. The lowest BCUT2D eigenvalue weighted by Crippen LogP contribution is -2.30. The van der Waals surface area contributed by atoms with Crippen LogP contribution in [-0.2, 0) is 9.53 Å². The molecule has 118 valence electrons. The maximum atomic E-state index is 11.7. The topological polar surface area (TPSA) is 66.8 Å². The molecule has 0 saturated heterocycles. The number of esters is 1. The highest BCUT2D eigenvalue weighted by Crippen LogP contribution is 2.33. The molecule has 2 unspecified atom stereocenters. The van der Waals surface area contributed by atoms with Crippen molar-refractivity contribution >= 4 is 27.5 Å². The van der Waals surface area contributed by atoms with Crippen LogP contribution < -0.4 is 0 Å². The second kappa shape index (κ2) is 6.36. The third-order valence-corrected chi connectivity index (χ3v) is 3.95. The molecule has 0 bridgehead atoms. The summed E-state index contributed by atoms with van der Waals surface area (Å²) in [5, 5.41) is 24.3. The minimum Gasteiger partial charge on any atom is -0.464 e. The fourth-order valence-corrected chi connectivity index (χ4v) is 2.85. The predicted octanol–water partition coefficient (Wildman–Crippen LogP) is 2.95. The van der Waals surface area contributed by atoms with Crippen molar-refractivity contribution in [3.63, 3.8) is 0 Å². The minimum absolute atomic E-state index is 0.154. The summed E-state index contributed by atoms with van der Waals surface area (Å²) in [6, 6.07) is 17.3. The lowest BCUT2D eigenvalue weighted by atomic mass is 9.93. The summed E-state index contributed by atoms with van der Waals surface area (Å²) in [6.45, 7) is 1.81. The number of ether oxygens (including phenoxy) is 1. The van der Waals surface area contributed by atoms with Crippen LogP contribution in [0.5, 0.6) is 0 Å². The molecule has 0 aliphatic carbocycles. The Bertz CT molecular complexity index is 856. The number of carbonyl (C=O) groups is 1. The van der Waals surface area contributed by atoms with Crippen LogP contribution in [0.4, 0.5) is 0 Å². The first kappa shape index (κ1) is 15.5. The third kappa shape index (κ3) is 2.79. The number of fused-ring (bicyclic) bond motifs is 3. The minimum atomic E-state index is -1.61. The molecule has 0 radical (unpaired) electrons. The van der Waals surface area contributed by atoms with Crippen LogP contribution in [-0.4, -0.2) is 28.9 Å². The maximum absolute atomic E-state index is 11.7. The maximum Gasteiger partial charge on any atom is 0.338 e. The van der Waals surface area contributed by atoms with E-state index in [9.17, 15) is 15.0 Å². The van der Waals surface area contributed by atoms with Gasteiger partial charge in [-0.25, -0.2) is 4.79 Å².